The lowest BCUT2D eigenvalue weighted by Gasteiger charge is -2.18. The van der Waals surface area contributed by atoms with Crippen molar-refractivity contribution in [3.8, 4) is 0 Å². The highest BCUT2D eigenvalue weighted by atomic mass is 15.3. The monoisotopic (exact) mass is 272 g/mol. The van der Waals surface area contributed by atoms with Crippen molar-refractivity contribution in [3.63, 3.8) is 0 Å². The highest BCUT2D eigenvalue weighted by molar-refractivity contribution is 5.50. The van der Waals surface area contributed by atoms with Crippen LogP contribution in [0.4, 0.5) is 5.82 Å². The number of nitrogens with zero attached hydrogens (tertiary/aromatic N) is 3. The number of aromatic nitrogens is 3. The van der Waals surface area contributed by atoms with Gasteiger partial charge in [-0.05, 0) is 25.7 Å². The van der Waals surface area contributed by atoms with Gasteiger partial charge in [0.15, 0.2) is 5.65 Å². The highest BCUT2D eigenvalue weighted by Crippen LogP contribution is 2.27. The van der Waals surface area contributed by atoms with E-state index in [9.17, 15) is 0 Å². The molecule has 1 fully saturated rings. The Hall–Kier alpha value is -1.58. The standard InChI is InChI=1S/C16H24N4/c1-3-12(4-2)14-11-16(18-13-7-5-6-8-13)20-15(19-14)9-10-17-20/h9-13,18H,3-8H2,1-2H3. The molecule has 0 amide bonds. The molecule has 0 aliphatic heterocycles. The van der Waals surface area contributed by atoms with E-state index in [4.69, 9.17) is 4.98 Å². The Bertz CT molecular complexity index is 565. The molecule has 0 unspecified atom stereocenters. The van der Waals surface area contributed by atoms with Crippen LogP contribution in [0.5, 0.6) is 0 Å². The predicted molar refractivity (Wildman–Crippen MR) is 82.2 cm³/mol. The quantitative estimate of drug-likeness (QED) is 0.895. The molecule has 2 aromatic heterocycles. The average Bonchev–Trinajstić information content (AvgIpc) is 3.11. The second-order valence-electron chi connectivity index (χ2n) is 5.81. The topological polar surface area (TPSA) is 42.2 Å². The first-order chi connectivity index (χ1) is 9.81. The van der Waals surface area contributed by atoms with Crippen molar-refractivity contribution in [2.45, 2.75) is 64.3 Å². The first-order valence-corrected chi connectivity index (χ1v) is 7.93. The lowest BCUT2D eigenvalue weighted by molar-refractivity contribution is 0.621. The molecule has 2 heterocycles. The molecular weight excluding hydrogens is 248 g/mol. The maximum Gasteiger partial charge on any atom is 0.157 e. The van der Waals surface area contributed by atoms with Crippen LogP contribution in [0, 0.1) is 0 Å². The Balaban J connectivity index is 1.97. The summed E-state index contributed by atoms with van der Waals surface area (Å²) in [5, 5.41) is 8.08. The van der Waals surface area contributed by atoms with Crippen molar-refractivity contribution in [1.82, 2.24) is 14.6 Å². The zero-order chi connectivity index (χ0) is 13.9. The van der Waals surface area contributed by atoms with Crippen molar-refractivity contribution in [2.75, 3.05) is 5.32 Å². The molecule has 0 atom stereocenters. The fourth-order valence-corrected chi connectivity index (χ4v) is 3.23. The van der Waals surface area contributed by atoms with Crippen LogP contribution in [0.15, 0.2) is 18.3 Å². The summed E-state index contributed by atoms with van der Waals surface area (Å²) in [4.78, 5) is 4.77. The smallest absolute Gasteiger partial charge is 0.157 e. The molecule has 1 aliphatic carbocycles. The van der Waals surface area contributed by atoms with E-state index in [1.54, 1.807) is 0 Å². The summed E-state index contributed by atoms with van der Waals surface area (Å²) >= 11 is 0. The van der Waals surface area contributed by atoms with Crippen LogP contribution in [0.25, 0.3) is 5.65 Å². The van der Waals surface area contributed by atoms with Crippen LogP contribution in [0.1, 0.15) is 64.0 Å². The van der Waals surface area contributed by atoms with E-state index in [0.717, 1.165) is 24.3 Å². The predicted octanol–water partition coefficient (Wildman–Crippen LogP) is 3.99. The highest BCUT2D eigenvalue weighted by Gasteiger charge is 2.18. The normalized spacial score (nSPS) is 16.4. The molecule has 4 nitrogen and oxygen atoms in total. The molecule has 2 aromatic rings. The van der Waals surface area contributed by atoms with Gasteiger partial charge in [0.25, 0.3) is 0 Å². The summed E-state index contributed by atoms with van der Waals surface area (Å²) in [7, 11) is 0. The molecule has 20 heavy (non-hydrogen) atoms. The van der Waals surface area contributed by atoms with E-state index in [1.807, 2.05) is 16.8 Å². The van der Waals surface area contributed by atoms with Gasteiger partial charge in [0.05, 0.1) is 6.20 Å². The van der Waals surface area contributed by atoms with Gasteiger partial charge in [0.1, 0.15) is 5.82 Å². The van der Waals surface area contributed by atoms with Crippen molar-refractivity contribution < 1.29 is 0 Å². The third-order valence-electron chi connectivity index (χ3n) is 4.49. The summed E-state index contributed by atoms with van der Waals surface area (Å²) in [5.41, 5.74) is 2.15. The Morgan fingerprint density at radius 3 is 2.75 bits per heavy atom. The molecule has 1 N–H and O–H groups in total. The summed E-state index contributed by atoms with van der Waals surface area (Å²) in [6, 6.07) is 4.79. The van der Waals surface area contributed by atoms with Gasteiger partial charge in [0.2, 0.25) is 0 Å². The van der Waals surface area contributed by atoms with Gasteiger partial charge in [-0.1, -0.05) is 26.7 Å². The molecule has 1 aliphatic rings. The van der Waals surface area contributed by atoms with Crippen LogP contribution in [-0.2, 0) is 0 Å². The second kappa shape index (κ2) is 5.81. The van der Waals surface area contributed by atoms with Crippen LogP contribution in [-0.4, -0.2) is 20.6 Å². The van der Waals surface area contributed by atoms with Crippen molar-refractivity contribution in [2.24, 2.45) is 0 Å². The van der Waals surface area contributed by atoms with E-state index in [0.29, 0.717) is 12.0 Å². The fourth-order valence-electron chi connectivity index (χ4n) is 3.23. The number of hydrogen-bond acceptors (Lipinski definition) is 3. The lowest BCUT2D eigenvalue weighted by Crippen LogP contribution is -2.18. The van der Waals surface area contributed by atoms with E-state index in [-0.39, 0.29) is 0 Å². The maximum absolute atomic E-state index is 4.77. The van der Waals surface area contributed by atoms with Gasteiger partial charge in [-0.25, -0.2) is 4.98 Å². The third-order valence-corrected chi connectivity index (χ3v) is 4.49. The third kappa shape index (κ3) is 2.51. The minimum Gasteiger partial charge on any atom is -0.367 e. The molecule has 0 bridgehead atoms. The van der Waals surface area contributed by atoms with Gasteiger partial charge in [-0.2, -0.15) is 9.61 Å². The first kappa shape index (κ1) is 13.4. The van der Waals surface area contributed by atoms with Gasteiger partial charge in [-0.15, -0.1) is 0 Å². The maximum atomic E-state index is 4.77. The molecule has 0 aromatic carbocycles. The minimum absolute atomic E-state index is 0.541. The number of fused-ring (bicyclic) bond motifs is 1. The number of hydrogen-bond donors (Lipinski definition) is 1. The first-order valence-electron chi connectivity index (χ1n) is 7.93. The average molecular weight is 272 g/mol. The van der Waals surface area contributed by atoms with Crippen molar-refractivity contribution in [1.29, 1.82) is 0 Å². The molecule has 0 spiro atoms. The Morgan fingerprint density at radius 2 is 2.05 bits per heavy atom. The number of nitrogens with one attached hydrogen (secondary N) is 1. The van der Waals surface area contributed by atoms with E-state index in [2.05, 4.69) is 30.3 Å². The van der Waals surface area contributed by atoms with Crippen LogP contribution < -0.4 is 5.32 Å². The number of rotatable bonds is 5. The molecule has 4 heteroatoms. The molecule has 108 valence electrons. The second-order valence-corrected chi connectivity index (χ2v) is 5.81. The SMILES string of the molecule is CCC(CC)c1cc(NC2CCCC2)n2nccc2n1. The van der Waals surface area contributed by atoms with Crippen LogP contribution in [0.2, 0.25) is 0 Å². The van der Waals surface area contributed by atoms with Gasteiger partial charge in [0, 0.05) is 29.8 Å². The fraction of sp³-hybridized carbons (Fsp3) is 0.625. The zero-order valence-electron chi connectivity index (χ0n) is 12.5. The summed E-state index contributed by atoms with van der Waals surface area (Å²) in [5.74, 6) is 1.65. The number of anilines is 1. The summed E-state index contributed by atoms with van der Waals surface area (Å²) < 4.78 is 1.93. The van der Waals surface area contributed by atoms with Crippen molar-refractivity contribution in [3.05, 3.63) is 24.0 Å². The molecule has 3 rings (SSSR count). The Morgan fingerprint density at radius 1 is 1.30 bits per heavy atom. The van der Waals surface area contributed by atoms with Gasteiger partial charge >= 0.3 is 0 Å². The van der Waals surface area contributed by atoms with Gasteiger partial charge in [-0.3, -0.25) is 0 Å². The van der Waals surface area contributed by atoms with Crippen LogP contribution in [0.3, 0.4) is 0 Å². The van der Waals surface area contributed by atoms with Crippen molar-refractivity contribution >= 4 is 11.5 Å². The van der Waals surface area contributed by atoms with E-state index in [1.165, 1.54) is 31.4 Å². The minimum atomic E-state index is 0.541. The zero-order valence-corrected chi connectivity index (χ0v) is 12.5. The molecule has 0 saturated heterocycles. The molecular formula is C16H24N4. The Kier molecular flexibility index (Phi) is 3.90. The van der Waals surface area contributed by atoms with Crippen LogP contribution >= 0.6 is 0 Å². The summed E-state index contributed by atoms with van der Waals surface area (Å²) in [6.07, 6.45) is 9.32. The van der Waals surface area contributed by atoms with Gasteiger partial charge < -0.3 is 5.32 Å². The largest absolute Gasteiger partial charge is 0.367 e. The van der Waals surface area contributed by atoms with E-state index >= 15 is 0 Å². The molecule has 0 radical (unpaired) electrons. The van der Waals surface area contributed by atoms with E-state index < -0.39 is 0 Å². The summed E-state index contributed by atoms with van der Waals surface area (Å²) in [6.45, 7) is 4.47. The lowest BCUT2D eigenvalue weighted by atomic mass is 9.99. The Labute approximate surface area is 120 Å². The molecule has 1 saturated carbocycles.